The molecule has 1 saturated heterocycles. The lowest BCUT2D eigenvalue weighted by Crippen LogP contribution is -2.42. The Labute approximate surface area is 131 Å². The van der Waals surface area contributed by atoms with Crippen molar-refractivity contribution >= 4 is 0 Å². The summed E-state index contributed by atoms with van der Waals surface area (Å²) in [5.74, 6) is 3.15. The molecule has 1 aliphatic rings. The molecule has 21 heavy (non-hydrogen) atoms. The summed E-state index contributed by atoms with van der Waals surface area (Å²) in [6.07, 6.45) is 1.35. The van der Waals surface area contributed by atoms with Crippen LogP contribution in [-0.2, 0) is 0 Å². The lowest BCUT2D eigenvalue weighted by molar-refractivity contribution is 0.0741. The Hall–Kier alpha value is -0.820. The van der Waals surface area contributed by atoms with Gasteiger partial charge >= 0.3 is 0 Å². The molecule has 0 N–H and O–H groups in total. The highest BCUT2D eigenvalue weighted by atomic mass is 15.2. The van der Waals surface area contributed by atoms with Gasteiger partial charge in [-0.1, -0.05) is 58.9 Å². The molecule has 0 amide bonds. The highest BCUT2D eigenvalue weighted by molar-refractivity contribution is 5.27. The smallest absolute Gasteiger partial charge is 0.0320 e. The van der Waals surface area contributed by atoms with Crippen LogP contribution < -0.4 is 0 Å². The Bertz CT molecular complexity index is 449. The molecule has 0 aliphatic carbocycles. The molecule has 3 atom stereocenters. The van der Waals surface area contributed by atoms with E-state index in [1.807, 2.05) is 0 Å². The van der Waals surface area contributed by atoms with E-state index in [9.17, 15) is 0 Å². The Balaban J connectivity index is 2.07. The first-order chi connectivity index (χ1) is 9.90. The normalized spacial score (nSPS) is 25.5. The van der Waals surface area contributed by atoms with E-state index in [0.29, 0.717) is 12.0 Å². The SMILES string of the molecule is CC(C)c1cccc(C(C)N2CCC(C(C)C)C(C)C2)c1. The van der Waals surface area contributed by atoms with E-state index in [0.717, 1.165) is 17.8 Å². The summed E-state index contributed by atoms with van der Waals surface area (Å²) in [5.41, 5.74) is 2.95. The van der Waals surface area contributed by atoms with Crippen molar-refractivity contribution in [3.8, 4) is 0 Å². The van der Waals surface area contributed by atoms with Gasteiger partial charge in [-0.25, -0.2) is 0 Å². The summed E-state index contributed by atoms with van der Waals surface area (Å²) < 4.78 is 0. The van der Waals surface area contributed by atoms with Crippen molar-refractivity contribution in [1.29, 1.82) is 0 Å². The lowest BCUT2D eigenvalue weighted by Gasteiger charge is -2.42. The van der Waals surface area contributed by atoms with Crippen molar-refractivity contribution in [3.63, 3.8) is 0 Å². The Morgan fingerprint density at radius 1 is 1.05 bits per heavy atom. The van der Waals surface area contributed by atoms with E-state index in [1.54, 1.807) is 0 Å². The van der Waals surface area contributed by atoms with Gasteiger partial charge < -0.3 is 0 Å². The highest BCUT2D eigenvalue weighted by Gasteiger charge is 2.30. The van der Waals surface area contributed by atoms with Crippen LogP contribution in [0.1, 0.15) is 71.0 Å². The number of rotatable bonds is 4. The van der Waals surface area contributed by atoms with Crippen LogP contribution >= 0.6 is 0 Å². The van der Waals surface area contributed by atoms with Crippen molar-refractivity contribution < 1.29 is 0 Å². The van der Waals surface area contributed by atoms with Crippen molar-refractivity contribution in [2.75, 3.05) is 13.1 Å². The van der Waals surface area contributed by atoms with E-state index in [-0.39, 0.29) is 0 Å². The zero-order chi connectivity index (χ0) is 15.6. The van der Waals surface area contributed by atoms with E-state index >= 15 is 0 Å². The molecule has 0 radical (unpaired) electrons. The van der Waals surface area contributed by atoms with Gasteiger partial charge in [-0.05, 0) is 54.7 Å². The quantitative estimate of drug-likeness (QED) is 0.708. The maximum atomic E-state index is 2.68. The van der Waals surface area contributed by atoms with Gasteiger partial charge in [0.1, 0.15) is 0 Å². The van der Waals surface area contributed by atoms with Gasteiger partial charge in [0, 0.05) is 12.6 Å². The van der Waals surface area contributed by atoms with Gasteiger partial charge in [0.15, 0.2) is 0 Å². The molecule has 1 fully saturated rings. The Kier molecular flexibility index (Phi) is 5.48. The fraction of sp³-hybridized carbons (Fsp3) is 0.700. The molecule has 118 valence electrons. The van der Waals surface area contributed by atoms with Gasteiger partial charge in [0.2, 0.25) is 0 Å². The summed E-state index contributed by atoms with van der Waals surface area (Å²) in [6, 6.07) is 9.74. The molecule has 1 heteroatoms. The summed E-state index contributed by atoms with van der Waals surface area (Å²) in [4.78, 5) is 2.68. The first-order valence-electron chi connectivity index (χ1n) is 8.74. The molecule has 1 aromatic carbocycles. The van der Waals surface area contributed by atoms with E-state index in [1.165, 1.54) is 30.6 Å². The van der Waals surface area contributed by atoms with Crippen molar-refractivity contribution in [2.45, 2.75) is 59.9 Å². The summed E-state index contributed by atoms with van der Waals surface area (Å²) >= 11 is 0. The summed E-state index contributed by atoms with van der Waals surface area (Å²) in [7, 11) is 0. The number of hydrogen-bond donors (Lipinski definition) is 0. The van der Waals surface area contributed by atoms with Crippen LogP contribution in [0, 0.1) is 17.8 Å². The molecule has 0 spiro atoms. The van der Waals surface area contributed by atoms with Crippen molar-refractivity contribution in [2.24, 2.45) is 17.8 Å². The zero-order valence-corrected chi connectivity index (χ0v) is 14.8. The van der Waals surface area contributed by atoms with Gasteiger partial charge in [-0.2, -0.15) is 0 Å². The molecule has 1 aromatic rings. The average molecular weight is 287 g/mol. The summed E-state index contributed by atoms with van der Waals surface area (Å²) in [5, 5.41) is 0. The second-order valence-corrected chi connectivity index (χ2v) is 7.67. The lowest BCUT2D eigenvalue weighted by atomic mass is 9.78. The molecular formula is C20H33N. The molecule has 0 saturated carbocycles. The molecular weight excluding hydrogens is 254 g/mol. The third-order valence-corrected chi connectivity index (χ3v) is 5.47. The molecule has 0 aromatic heterocycles. The molecule has 0 bridgehead atoms. The Morgan fingerprint density at radius 3 is 2.29 bits per heavy atom. The first-order valence-corrected chi connectivity index (χ1v) is 8.74. The minimum Gasteiger partial charge on any atom is -0.296 e. The van der Waals surface area contributed by atoms with Crippen LogP contribution in [0.2, 0.25) is 0 Å². The number of piperidine rings is 1. The number of hydrogen-bond acceptors (Lipinski definition) is 1. The second-order valence-electron chi connectivity index (χ2n) is 7.67. The van der Waals surface area contributed by atoms with Gasteiger partial charge in [0.05, 0.1) is 0 Å². The van der Waals surface area contributed by atoms with E-state index in [2.05, 4.69) is 70.7 Å². The minimum atomic E-state index is 0.541. The zero-order valence-electron chi connectivity index (χ0n) is 14.8. The molecule has 1 heterocycles. The maximum absolute atomic E-state index is 2.68. The molecule has 1 aliphatic heterocycles. The fourth-order valence-corrected chi connectivity index (χ4v) is 3.93. The molecule has 2 rings (SSSR count). The highest BCUT2D eigenvalue weighted by Crippen LogP contribution is 2.34. The average Bonchev–Trinajstić information content (AvgIpc) is 2.46. The fourth-order valence-electron chi connectivity index (χ4n) is 3.93. The predicted octanol–water partition coefficient (Wildman–Crippen LogP) is 5.49. The predicted molar refractivity (Wildman–Crippen MR) is 92.6 cm³/mol. The standard InChI is InChI=1S/C20H33N/c1-14(2)18-8-7-9-19(12-18)17(6)21-11-10-20(15(3)4)16(5)13-21/h7-9,12,14-17,20H,10-11,13H2,1-6H3. The number of nitrogens with zero attached hydrogens (tertiary/aromatic N) is 1. The maximum Gasteiger partial charge on any atom is 0.0320 e. The van der Waals surface area contributed by atoms with Crippen LogP contribution in [0.4, 0.5) is 0 Å². The van der Waals surface area contributed by atoms with Crippen molar-refractivity contribution in [3.05, 3.63) is 35.4 Å². The third-order valence-electron chi connectivity index (χ3n) is 5.47. The van der Waals surface area contributed by atoms with Gasteiger partial charge in [-0.15, -0.1) is 0 Å². The van der Waals surface area contributed by atoms with Crippen LogP contribution in [0.3, 0.4) is 0 Å². The van der Waals surface area contributed by atoms with Crippen LogP contribution in [-0.4, -0.2) is 18.0 Å². The van der Waals surface area contributed by atoms with Gasteiger partial charge in [0.25, 0.3) is 0 Å². The van der Waals surface area contributed by atoms with Crippen LogP contribution in [0.5, 0.6) is 0 Å². The van der Waals surface area contributed by atoms with E-state index < -0.39 is 0 Å². The number of likely N-dealkylation sites (tertiary alicyclic amines) is 1. The largest absolute Gasteiger partial charge is 0.296 e. The van der Waals surface area contributed by atoms with Crippen LogP contribution in [0.15, 0.2) is 24.3 Å². The summed E-state index contributed by atoms with van der Waals surface area (Å²) in [6.45, 7) is 16.6. The topological polar surface area (TPSA) is 3.24 Å². The third kappa shape index (κ3) is 3.88. The minimum absolute atomic E-state index is 0.541. The van der Waals surface area contributed by atoms with E-state index in [4.69, 9.17) is 0 Å². The number of benzene rings is 1. The van der Waals surface area contributed by atoms with Crippen LogP contribution in [0.25, 0.3) is 0 Å². The molecule has 3 unspecified atom stereocenters. The first kappa shape index (κ1) is 16.5. The molecule has 1 nitrogen and oxygen atoms in total. The van der Waals surface area contributed by atoms with Gasteiger partial charge in [-0.3, -0.25) is 4.90 Å². The van der Waals surface area contributed by atoms with Crippen molar-refractivity contribution in [1.82, 2.24) is 4.90 Å². The monoisotopic (exact) mass is 287 g/mol. The Morgan fingerprint density at radius 2 is 1.71 bits per heavy atom. The second kappa shape index (κ2) is 6.96.